The van der Waals surface area contributed by atoms with Crippen molar-refractivity contribution in [3.8, 4) is 5.75 Å². The summed E-state index contributed by atoms with van der Waals surface area (Å²) < 4.78 is 10.7. The highest BCUT2D eigenvalue weighted by Gasteiger charge is 2.16. The molecule has 2 aromatic carbocycles. The summed E-state index contributed by atoms with van der Waals surface area (Å²) in [5.74, 6) is 0.139. The molecule has 1 atom stereocenters. The van der Waals surface area contributed by atoms with E-state index in [4.69, 9.17) is 15.2 Å². The van der Waals surface area contributed by atoms with E-state index in [1.54, 1.807) is 19.1 Å². The Labute approximate surface area is 124 Å². The van der Waals surface area contributed by atoms with Crippen LogP contribution in [0.2, 0.25) is 0 Å². The van der Waals surface area contributed by atoms with E-state index in [2.05, 4.69) is 0 Å². The lowest BCUT2D eigenvalue weighted by atomic mass is 10.0. The third-order valence-electron chi connectivity index (χ3n) is 3.10. The number of anilines is 1. The molecule has 2 aromatic rings. The first kappa shape index (κ1) is 14.9. The van der Waals surface area contributed by atoms with Gasteiger partial charge in [0.05, 0.1) is 5.92 Å². The lowest BCUT2D eigenvalue weighted by molar-refractivity contribution is -0.145. The zero-order chi connectivity index (χ0) is 15.1. The number of hydrogen-bond donors (Lipinski definition) is 1. The predicted molar refractivity (Wildman–Crippen MR) is 82.2 cm³/mol. The van der Waals surface area contributed by atoms with Gasteiger partial charge in [0.15, 0.2) is 0 Å². The van der Waals surface area contributed by atoms with Crippen LogP contribution in [0.25, 0.3) is 0 Å². The van der Waals surface area contributed by atoms with Crippen molar-refractivity contribution < 1.29 is 14.3 Å². The van der Waals surface area contributed by atoms with Crippen LogP contribution >= 0.6 is 0 Å². The minimum absolute atomic E-state index is 0.223. The van der Waals surface area contributed by atoms with Gasteiger partial charge in [0, 0.05) is 5.69 Å². The molecule has 0 aliphatic rings. The summed E-state index contributed by atoms with van der Waals surface area (Å²) in [5.41, 5.74) is 7.20. The van der Waals surface area contributed by atoms with E-state index < -0.39 is 0 Å². The molecule has 0 aliphatic heterocycles. The van der Waals surface area contributed by atoms with Crippen molar-refractivity contribution in [2.45, 2.75) is 12.8 Å². The maximum atomic E-state index is 11.9. The molecule has 0 radical (unpaired) electrons. The average Bonchev–Trinajstić information content (AvgIpc) is 2.51. The number of hydrogen-bond acceptors (Lipinski definition) is 4. The van der Waals surface area contributed by atoms with Gasteiger partial charge in [-0.25, -0.2) is 0 Å². The Morgan fingerprint density at radius 3 is 2.57 bits per heavy atom. The molecule has 0 amide bonds. The fourth-order valence-corrected chi connectivity index (χ4v) is 1.91. The third-order valence-corrected chi connectivity index (χ3v) is 3.10. The fourth-order valence-electron chi connectivity index (χ4n) is 1.91. The molecule has 2 N–H and O–H groups in total. The number of carbonyl (C=O) groups excluding carboxylic acids is 1. The minimum Gasteiger partial charge on any atom is -0.490 e. The first-order chi connectivity index (χ1) is 10.2. The van der Waals surface area contributed by atoms with Crippen LogP contribution in [-0.4, -0.2) is 19.2 Å². The maximum absolute atomic E-state index is 11.9. The summed E-state index contributed by atoms with van der Waals surface area (Å²) in [6, 6.07) is 16.7. The van der Waals surface area contributed by atoms with Gasteiger partial charge < -0.3 is 15.2 Å². The van der Waals surface area contributed by atoms with Gasteiger partial charge in [-0.15, -0.1) is 0 Å². The van der Waals surface area contributed by atoms with Crippen LogP contribution in [0.15, 0.2) is 54.6 Å². The molecule has 0 bridgehead atoms. The second-order valence-electron chi connectivity index (χ2n) is 4.72. The van der Waals surface area contributed by atoms with Gasteiger partial charge in [-0.2, -0.15) is 0 Å². The molecule has 4 nitrogen and oxygen atoms in total. The third kappa shape index (κ3) is 4.53. The molecule has 2 rings (SSSR count). The Bertz CT molecular complexity index is 584. The van der Waals surface area contributed by atoms with Crippen LogP contribution in [-0.2, 0) is 9.53 Å². The number of nitrogen functional groups attached to an aromatic ring is 1. The standard InChI is InChI=1S/C17H19NO3/c1-13(14-6-5-7-15(18)12-14)17(19)21-11-10-20-16-8-3-2-4-9-16/h2-9,12-13H,10-11,18H2,1H3. The van der Waals surface area contributed by atoms with Crippen molar-refractivity contribution in [2.75, 3.05) is 18.9 Å². The fraction of sp³-hybridized carbons (Fsp3) is 0.235. The summed E-state index contributed by atoms with van der Waals surface area (Å²) in [7, 11) is 0. The highest BCUT2D eigenvalue weighted by atomic mass is 16.6. The van der Waals surface area contributed by atoms with E-state index >= 15 is 0 Å². The monoisotopic (exact) mass is 285 g/mol. The summed E-state index contributed by atoms with van der Waals surface area (Å²) >= 11 is 0. The smallest absolute Gasteiger partial charge is 0.313 e. The predicted octanol–water partition coefficient (Wildman–Crippen LogP) is 2.99. The SMILES string of the molecule is CC(C(=O)OCCOc1ccccc1)c1cccc(N)c1. The Hall–Kier alpha value is -2.49. The van der Waals surface area contributed by atoms with Gasteiger partial charge in [0.1, 0.15) is 19.0 Å². The zero-order valence-corrected chi connectivity index (χ0v) is 12.0. The second kappa shape index (κ2) is 7.33. The van der Waals surface area contributed by atoms with Crippen molar-refractivity contribution in [1.29, 1.82) is 0 Å². The maximum Gasteiger partial charge on any atom is 0.313 e. The van der Waals surface area contributed by atoms with E-state index in [0.717, 1.165) is 11.3 Å². The van der Waals surface area contributed by atoms with Crippen LogP contribution in [0.5, 0.6) is 5.75 Å². The number of esters is 1. The second-order valence-corrected chi connectivity index (χ2v) is 4.72. The van der Waals surface area contributed by atoms with Gasteiger partial charge in [-0.1, -0.05) is 30.3 Å². The molecule has 0 aliphatic carbocycles. The van der Waals surface area contributed by atoms with E-state index in [1.807, 2.05) is 42.5 Å². The largest absolute Gasteiger partial charge is 0.490 e. The number of ether oxygens (including phenoxy) is 2. The van der Waals surface area contributed by atoms with Crippen LogP contribution in [0.4, 0.5) is 5.69 Å². The molecule has 0 saturated heterocycles. The van der Waals surface area contributed by atoms with Gasteiger partial charge in [-0.3, -0.25) is 4.79 Å². The number of rotatable bonds is 6. The molecule has 110 valence electrons. The highest BCUT2D eigenvalue weighted by Crippen LogP contribution is 2.19. The normalized spacial score (nSPS) is 11.7. The Morgan fingerprint density at radius 1 is 1.10 bits per heavy atom. The summed E-state index contributed by atoms with van der Waals surface area (Å²) in [6.07, 6.45) is 0. The van der Waals surface area contributed by atoms with E-state index in [9.17, 15) is 4.79 Å². The van der Waals surface area contributed by atoms with Crippen molar-refractivity contribution in [3.05, 3.63) is 60.2 Å². The number of nitrogens with two attached hydrogens (primary N) is 1. The molecule has 1 unspecified atom stereocenters. The van der Waals surface area contributed by atoms with Gasteiger partial charge in [-0.05, 0) is 36.8 Å². The topological polar surface area (TPSA) is 61.5 Å². The van der Waals surface area contributed by atoms with E-state index in [-0.39, 0.29) is 18.5 Å². The Balaban J connectivity index is 1.77. The molecule has 0 aromatic heterocycles. The van der Waals surface area contributed by atoms with Crippen molar-refractivity contribution in [3.63, 3.8) is 0 Å². The first-order valence-corrected chi connectivity index (χ1v) is 6.87. The zero-order valence-electron chi connectivity index (χ0n) is 12.0. The van der Waals surface area contributed by atoms with Crippen LogP contribution in [0.3, 0.4) is 0 Å². The lowest BCUT2D eigenvalue weighted by Gasteiger charge is -2.12. The quantitative estimate of drug-likeness (QED) is 0.503. The van der Waals surface area contributed by atoms with Crippen LogP contribution in [0, 0.1) is 0 Å². The molecule has 0 spiro atoms. The Kier molecular flexibility index (Phi) is 5.21. The molecule has 21 heavy (non-hydrogen) atoms. The van der Waals surface area contributed by atoms with E-state index in [1.165, 1.54) is 0 Å². The summed E-state index contributed by atoms with van der Waals surface area (Å²) in [5, 5.41) is 0. The molecule has 0 saturated carbocycles. The van der Waals surface area contributed by atoms with Crippen molar-refractivity contribution in [1.82, 2.24) is 0 Å². The average molecular weight is 285 g/mol. The number of para-hydroxylation sites is 1. The van der Waals surface area contributed by atoms with Gasteiger partial charge >= 0.3 is 5.97 Å². The first-order valence-electron chi connectivity index (χ1n) is 6.87. The summed E-state index contributed by atoms with van der Waals surface area (Å²) in [4.78, 5) is 11.9. The van der Waals surface area contributed by atoms with Gasteiger partial charge in [0.25, 0.3) is 0 Å². The summed E-state index contributed by atoms with van der Waals surface area (Å²) in [6.45, 7) is 2.36. The molecular formula is C17H19NO3. The Morgan fingerprint density at radius 2 is 1.86 bits per heavy atom. The van der Waals surface area contributed by atoms with Crippen molar-refractivity contribution >= 4 is 11.7 Å². The molecular weight excluding hydrogens is 266 g/mol. The van der Waals surface area contributed by atoms with Crippen LogP contribution < -0.4 is 10.5 Å². The minimum atomic E-state index is -0.342. The van der Waals surface area contributed by atoms with Gasteiger partial charge in [0.2, 0.25) is 0 Å². The number of carbonyl (C=O) groups is 1. The lowest BCUT2D eigenvalue weighted by Crippen LogP contribution is -2.17. The van der Waals surface area contributed by atoms with E-state index in [0.29, 0.717) is 12.3 Å². The molecule has 0 heterocycles. The number of benzene rings is 2. The molecule has 4 heteroatoms. The van der Waals surface area contributed by atoms with Crippen LogP contribution in [0.1, 0.15) is 18.4 Å². The highest BCUT2D eigenvalue weighted by molar-refractivity contribution is 5.78. The van der Waals surface area contributed by atoms with Crippen molar-refractivity contribution in [2.24, 2.45) is 0 Å². The molecule has 0 fully saturated rings.